The number of piperidine rings is 1. The van der Waals surface area contributed by atoms with Gasteiger partial charge in [-0.05, 0) is 50.3 Å². The van der Waals surface area contributed by atoms with Gasteiger partial charge in [0.15, 0.2) is 5.96 Å². The molecular weight excluding hydrogens is 482 g/mol. The minimum atomic E-state index is -0.228. The summed E-state index contributed by atoms with van der Waals surface area (Å²) in [5, 5.41) is 6.95. The summed E-state index contributed by atoms with van der Waals surface area (Å²) in [6.45, 7) is 6.06. The van der Waals surface area contributed by atoms with E-state index < -0.39 is 0 Å². The highest BCUT2D eigenvalue weighted by Gasteiger charge is 2.27. The average Bonchev–Trinajstić information content (AvgIpc) is 3.24. The third-order valence-corrected chi connectivity index (χ3v) is 5.89. The van der Waals surface area contributed by atoms with E-state index in [1.165, 1.54) is 44.8 Å². The lowest BCUT2D eigenvalue weighted by atomic mass is 10.0. The van der Waals surface area contributed by atoms with Crippen LogP contribution in [0.15, 0.2) is 23.2 Å². The Morgan fingerprint density at radius 1 is 1.21 bits per heavy atom. The number of hydrogen-bond donors (Lipinski definition) is 2. The zero-order valence-corrected chi connectivity index (χ0v) is 20.1. The van der Waals surface area contributed by atoms with Crippen LogP contribution in [0.25, 0.3) is 0 Å². The third kappa shape index (κ3) is 7.36. The predicted octanol–water partition coefficient (Wildman–Crippen LogP) is 4.05. The van der Waals surface area contributed by atoms with Gasteiger partial charge in [0.25, 0.3) is 0 Å². The molecule has 2 aliphatic rings. The van der Waals surface area contributed by atoms with Gasteiger partial charge in [0.2, 0.25) is 0 Å². The fraction of sp³-hybridized carbons (Fsp3) is 0.682. The highest BCUT2D eigenvalue weighted by molar-refractivity contribution is 14.0. The van der Waals surface area contributed by atoms with Crippen LogP contribution in [-0.4, -0.2) is 49.7 Å². The average molecular weight is 518 g/mol. The smallest absolute Gasteiger partial charge is 0.191 e. The topological polar surface area (TPSA) is 48.9 Å². The van der Waals surface area contributed by atoms with Crippen molar-refractivity contribution < 1.29 is 9.13 Å². The van der Waals surface area contributed by atoms with Gasteiger partial charge in [-0.15, -0.1) is 24.0 Å². The summed E-state index contributed by atoms with van der Waals surface area (Å²) in [5.74, 6) is 0.619. The van der Waals surface area contributed by atoms with Crippen molar-refractivity contribution in [1.82, 2.24) is 15.5 Å². The first-order valence-corrected chi connectivity index (χ1v) is 10.7. The lowest BCUT2D eigenvalue weighted by Gasteiger charge is -2.36. The number of halogens is 2. The van der Waals surface area contributed by atoms with E-state index in [9.17, 15) is 4.39 Å². The van der Waals surface area contributed by atoms with E-state index in [2.05, 4.69) is 22.5 Å². The highest BCUT2D eigenvalue weighted by Crippen LogP contribution is 2.26. The highest BCUT2D eigenvalue weighted by atomic mass is 127. The number of methoxy groups -OCH3 is 1. The Bertz CT molecular complexity index is 644. The predicted molar refractivity (Wildman–Crippen MR) is 127 cm³/mol. The molecule has 1 aliphatic heterocycles. The first-order chi connectivity index (χ1) is 13.7. The van der Waals surface area contributed by atoms with Gasteiger partial charge in [-0.1, -0.05) is 18.9 Å². The summed E-state index contributed by atoms with van der Waals surface area (Å²) < 4.78 is 18.9. The van der Waals surface area contributed by atoms with Gasteiger partial charge >= 0.3 is 0 Å². The monoisotopic (exact) mass is 518 g/mol. The first kappa shape index (κ1) is 24.3. The van der Waals surface area contributed by atoms with Crippen molar-refractivity contribution in [2.45, 2.75) is 70.7 Å². The van der Waals surface area contributed by atoms with E-state index in [0.717, 1.165) is 37.0 Å². The molecule has 7 heteroatoms. The van der Waals surface area contributed by atoms with Gasteiger partial charge in [0.05, 0.1) is 13.2 Å². The molecule has 0 unspecified atom stereocenters. The lowest BCUT2D eigenvalue weighted by Crippen LogP contribution is -2.50. The Hall–Kier alpha value is -0.930. The molecule has 1 saturated heterocycles. The molecule has 164 valence electrons. The van der Waals surface area contributed by atoms with Crippen LogP contribution in [0.4, 0.5) is 4.39 Å². The van der Waals surface area contributed by atoms with Crippen molar-refractivity contribution in [3.05, 3.63) is 35.1 Å². The van der Waals surface area contributed by atoms with Crippen molar-refractivity contribution in [3.63, 3.8) is 0 Å². The molecule has 1 aromatic carbocycles. The Morgan fingerprint density at radius 2 is 1.93 bits per heavy atom. The molecule has 5 nitrogen and oxygen atoms in total. The van der Waals surface area contributed by atoms with Crippen LogP contribution in [-0.2, 0) is 17.9 Å². The molecular formula is C22H36FIN4O. The SMILES string of the molecule is CCNC(=NCc1ccc(F)c(COC)c1)NC1CCN(C2CCCC2)CC1.I. The van der Waals surface area contributed by atoms with E-state index in [4.69, 9.17) is 9.73 Å². The van der Waals surface area contributed by atoms with E-state index in [1.54, 1.807) is 13.2 Å². The van der Waals surface area contributed by atoms with Gasteiger partial charge in [0, 0.05) is 44.4 Å². The quantitative estimate of drug-likeness (QED) is 0.325. The largest absolute Gasteiger partial charge is 0.380 e. The molecule has 2 fully saturated rings. The summed E-state index contributed by atoms with van der Waals surface area (Å²) in [5.41, 5.74) is 1.56. The maximum absolute atomic E-state index is 13.8. The molecule has 0 bridgehead atoms. The van der Waals surface area contributed by atoms with Crippen LogP contribution in [0.5, 0.6) is 0 Å². The first-order valence-electron chi connectivity index (χ1n) is 10.7. The molecule has 1 heterocycles. The molecule has 0 atom stereocenters. The molecule has 0 radical (unpaired) electrons. The van der Waals surface area contributed by atoms with Crippen molar-refractivity contribution in [2.24, 2.45) is 4.99 Å². The molecule has 3 rings (SSSR count). The van der Waals surface area contributed by atoms with Crippen molar-refractivity contribution in [1.29, 1.82) is 0 Å². The Labute approximate surface area is 191 Å². The van der Waals surface area contributed by atoms with Crippen molar-refractivity contribution >= 4 is 29.9 Å². The second kappa shape index (κ2) is 12.7. The maximum Gasteiger partial charge on any atom is 0.191 e. The fourth-order valence-electron chi connectivity index (χ4n) is 4.35. The zero-order chi connectivity index (χ0) is 19.8. The second-order valence-corrected chi connectivity index (χ2v) is 7.95. The minimum Gasteiger partial charge on any atom is -0.380 e. The lowest BCUT2D eigenvalue weighted by molar-refractivity contribution is 0.150. The van der Waals surface area contributed by atoms with Crippen LogP contribution in [0.2, 0.25) is 0 Å². The van der Waals surface area contributed by atoms with Crippen LogP contribution < -0.4 is 10.6 Å². The molecule has 0 amide bonds. The summed E-state index contributed by atoms with van der Waals surface area (Å²) in [4.78, 5) is 7.41. The van der Waals surface area contributed by atoms with E-state index in [-0.39, 0.29) is 36.4 Å². The van der Waals surface area contributed by atoms with Crippen LogP contribution in [0.3, 0.4) is 0 Å². The summed E-state index contributed by atoms with van der Waals surface area (Å²) >= 11 is 0. The minimum absolute atomic E-state index is 0. The van der Waals surface area contributed by atoms with E-state index >= 15 is 0 Å². The standard InChI is InChI=1S/C22H35FN4O.HI/c1-3-24-22(25-15-17-8-9-21(23)18(14-17)16-28-2)26-19-10-12-27(13-11-19)20-6-4-5-7-20;/h8-9,14,19-20H,3-7,10-13,15-16H2,1-2H3,(H2,24,25,26);1H. The number of aliphatic imine (C=N–C) groups is 1. The van der Waals surface area contributed by atoms with Gasteiger partial charge in [-0.2, -0.15) is 0 Å². The summed E-state index contributed by atoms with van der Waals surface area (Å²) in [7, 11) is 1.58. The number of benzene rings is 1. The van der Waals surface area contributed by atoms with Crippen molar-refractivity contribution in [3.8, 4) is 0 Å². The van der Waals surface area contributed by atoms with Gasteiger partial charge in [-0.3, -0.25) is 0 Å². The Balaban J connectivity index is 0.00000300. The van der Waals surface area contributed by atoms with E-state index in [0.29, 0.717) is 18.2 Å². The number of nitrogens with zero attached hydrogens (tertiary/aromatic N) is 2. The second-order valence-electron chi connectivity index (χ2n) is 7.95. The number of hydrogen-bond acceptors (Lipinski definition) is 3. The number of likely N-dealkylation sites (tertiary alicyclic amines) is 1. The zero-order valence-electron chi connectivity index (χ0n) is 17.8. The van der Waals surface area contributed by atoms with Gasteiger partial charge < -0.3 is 20.3 Å². The normalized spacial score (nSPS) is 19.2. The molecule has 29 heavy (non-hydrogen) atoms. The number of ether oxygens (including phenoxy) is 1. The number of rotatable bonds is 7. The van der Waals surface area contributed by atoms with Gasteiger partial charge in [-0.25, -0.2) is 9.38 Å². The Morgan fingerprint density at radius 3 is 2.59 bits per heavy atom. The van der Waals surface area contributed by atoms with E-state index in [1.807, 2.05) is 6.07 Å². The number of guanidine groups is 1. The molecule has 1 aromatic rings. The van der Waals surface area contributed by atoms with Crippen LogP contribution in [0, 0.1) is 5.82 Å². The third-order valence-electron chi connectivity index (χ3n) is 5.89. The van der Waals surface area contributed by atoms with Crippen LogP contribution >= 0.6 is 24.0 Å². The number of nitrogens with one attached hydrogen (secondary N) is 2. The molecule has 1 aliphatic carbocycles. The van der Waals surface area contributed by atoms with Crippen LogP contribution in [0.1, 0.15) is 56.6 Å². The fourth-order valence-corrected chi connectivity index (χ4v) is 4.35. The van der Waals surface area contributed by atoms with Crippen molar-refractivity contribution in [2.75, 3.05) is 26.7 Å². The summed E-state index contributed by atoms with van der Waals surface area (Å²) in [6, 6.07) is 6.42. The molecule has 1 saturated carbocycles. The maximum atomic E-state index is 13.8. The Kier molecular flexibility index (Phi) is 10.7. The molecule has 0 aromatic heterocycles. The molecule has 2 N–H and O–H groups in total. The van der Waals surface area contributed by atoms with Gasteiger partial charge in [0.1, 0.15) is 5.82 Å². The summed E-state index contributed by atoms with van der Waals surface area (Å²) in [6.07, 6.45) is 7.88. The molecule has 0 spiro atoms.